The second-order valence-corrected chi connectivity index (χ2v) is 6.58. The van der Waals surface area contributed by atoms with Crippen molar-refractivity contribution in [2.24, 2.45) is 0 Å². The van der Waals surface area contributed by atoms with Gasteiger partial charge in [-0.05, 0) is 30.4 Å². The summed E-state index contributed by atoms with van der Waals surface area (Å²) in [7, 11) is 0. The molecule has 2 aromatic carbocycles. The Labute approximate surface area is 135 Å². The number of benzene rings is 2. The Hall–Kier alpha value is -2.00. The van der Waals surface area contributed by atoms with E-state index in [1.54, 1.807) is 11.8 Å². The molecule has 2 nitrogen and oxygen atoms in total. The SMILES string of the molecule is CC1=CSC(c2ccc(C)cc2)C(=O)N1Cc1ccccc1. The van der Waals surface area contributed by atoms with Crippen LogP contribution in [0.3, 0.4) is 0 Å². The van der Waals surface area contributed by atoms with E-state index in [4.69, 9.17) is 0 Å². The maximum absolute atomic E-state index is 12.9. The predicted molar refractivity (Wildman–Crippen MR) is 92.3 cm³/mol. The molecule has 1 aliphatic heterocycles. The lowest BCUT2D eigenvalue weighted by molar-refractivity contribution is -0.129. The zero-order valence-electron chi connectivity index (χ0n) is 12.8. The van der Waals surface area contributed by atoms with E-state index in [1.165, 1.54) is 5.56 Å². The third kappa shape index (κ3) is 3.09. The average molecular weight is 309 g/mol. The maximum Gasteiger partial charge on any atom is 0.245 e. The molecular weight excluding hydrogens is 290 g/mol. The van der Waals surface area contributed by atoms with Crippen LogP contribution in [0, 0.1) is 6.92 Å². The van der Waals surface area contributed by atoms with Crippen molar-refractivity contribution >= 4 is 17.7 Å². The van der Waals surface area contributed by atoms with E-state index in [-0.39, 0.29) is 11.2 Å². The van der Waals surface area contributed by atoms with Crippen LogP contribution in [0.2, 0.25) is 0 Å². The van der Waals surface area contributed by atoms with E-state index >= 15 is 0 Å². The van der Waals surface area contributed by atoms with Gasteiger partial charge in [-0.2, -0.15) is 0 Å². The highest BCUT2D eigenvalue weighted by Gasteiger charge is 2.30. The summed E-state index contributed by atoms with van der Waals surface area (Å²) in [6.45, 7) is 4.69. The molecule has 0 saturated heterocycles. The number of amides is 1. The molecule has 2 aromatic rings. The van der Waals surface area contributed by atoms with E-state index in [0.717, 1.165) is 16.8 Å². The fraction of sp³-hybridized carbons (Fsp3) is 0.211. The first-order chi connectivity index (χ1) is 10.6. The number of hydrogen-bond donors (Lipinski definition) is 0. The molecule has 0 radical (unpaired) electrons. The van der Waals surface area contributed by atoms with Gasteiger partial charge in [0.1, 0.15) is 5.25 Å². The molecule has 0 aromatic heterocycles. The Morgan fingerprint density at radius 3 is 2.36 bits per heavy atom. The van der Waals surface area contributed by atoms with Gasteiger partial charge in [-0.25, -0.2) is 0 Å². The van der Waals surface area contributed by atoms with Crippen LogP contribution in [0.4, 0.5) is 0 Å². The van der Waals surface area contributed by atoms with Crippen molar-refractivity contribution in [3.05, 3.63) is 82.4 Å². The molecule has 112 valence electrons. The van der Waals surface area contributed by atoms with Crippen molar-refractivity contribution in [3.63, 3.8) is 0 Å². The summed E-state index contributed by atoms with van der Waals surface area (Å²) in [5.41, 5.74) is 4.45. The van der Waals surface area contributed by atoms with Gasteiger partial charge in [0.2, 0.25) is 5.91 Å². The van der Waals surface area contributed by atoms with Crippen LogP contribution >= 0.6 is 11.8 Å². The van der Waals surface area contributed by atoms with Crippen LogP contribution in [0.1, 0.15) is 28.9 Å². The van der Waals surface area contributed by atoms with Crippen molar-refractivity contribution < 1.29 is 4.79 Å². The number of thioether (sulfide) groups is 1. The van der Waals surface area contributed by atoms with Gasteiger partial charge in [0.15, 0.2) is 0 Å². The van der Waals surface area contributed by atoms with Crippen molar-refractivity contribution in [1.29, 1.82) is 0 Å². The molecule has 1 amide bonds. The Morgan fingerprint density at radius 2 is 1.68 bits per heavy atom. The van der Waals surface area contributed by atoms with E-state index in [1.807, 2.05) is 30.0 Å². The molecule has 0 fully saturated rings. The summed E-state index contributed by atoms with van der Waals surface area (Å²) in [5.74, 6) is 0.165. The summed E-state index contributed by atoms with van der Waals surface area (Å²) >= 11 is 1.60. The summed E-state index contributed by atoms with van der Waals surface area (Å²) in [6, 6.07) is 18.4. The minimum Gasteiger partial charge on any atom is -0.310 e. The molecule has 3 rings (SSSR count). The Morgan fingerprint density at radius 1 is 1.00 bits per heavy atom. The van der Waals surface area contributed by atoms with Crippen LogP contribution < -0.4 is 0 Å². The summed E-state index contributed by atoms with van der Waals surface area (Å²) in [6.07, 6.45) is 0. The molecule has 0 N–H and O–H groups in total. The number of aryl methyl sites for hydroxylation is 1. The zero-order chi connectivity index (χ0) is 15.5. The Kier molecular flexibility index (Phi) is 4.34. The standard InChI is InChI=1S/C19H19NOS/c1-14-8-10-17(11-9-14)18-19(21)20(15(2)13-22-18)12-16-6-4-3-5-7-16/h3-11,13,18H,12H2,1-2H3. The molecule has 1 aliphatic rings. The molecule has 0 saturated carbocycles. The van der Waals surface area contributed by atoms with Crippen LogP contribution in [0.15, 0.2) is 65.7 Å². The minimum absolute atomic E-state index is 0.145. The highest BCUT2D eigenvalue weighted by molar-refractivity contribution is 8.03. The topological polar surface area (TPSA) is 20.3 Å². The van der Waals surface area contributed by atoms with Crippen LogP contribution in [0.5, 0.6) is 0 Å². The van der Waals surface area contributed by atoms with E-state index < -0.39 is 0 Å². The number of nitrogens with zero attached hydrogens (tertiary/aromatic N) is 1. The molecule has 1 unspecified atom stereocenters. The Balaban J connectivity index is 1.85. The average Bonchev–Trinajstić information content (AvgIpc) is 2.54. The first-order valence-electron chi connectivity index (χ1n) is 7.39. The molecule has 3 heteroatoms. The Bertz CT molecular complexity index is 691. The molecule has 0 aliphatic carbocycles. The first-order valence-corrected chi connectivity index (χ1v) is 8.33. The third-order valence-corrected chi connectivity index (χ3v) is 5.08. The van der Waals surface area contributed by atoms with Crippen molar-refractivity contribution in [2.75, 3.05) is 0 Å². The van der Waals surface area contributed by atoms with Gasteiger partial charge in [0.25, 0.3) is 0 Å². The number of rotatable bonds is 3. The lowest BCUT2D eigenvalue weighted by Crippen LogP contribution is -2.34. The van der Waals surface area contributed by atoms with E-state index in [0.29, 0.717) is 6.54 Å². The molecule has 1 heterocycles. The predicted octanol–water partition coefficient (Wildman–Crippen LogP) is 4.67. The highest BCUT2D eigenvalue weighted by atomic mass is 32.2. The number of carbonyl (C=O) groups excluding carboxylic acids is 1. The van der Waals surface area contributed by atoms with Gasteiger partial charge < -0.3 is 4.90 Å². The summed E-state index contributed by atoms with van der Waals surface area (Å²) in [4.78, 5) is 14.8. The van der Waals surface area contributed by atoms with Crippen molar-refractivity contribution in [2.45, 2.75) is 25.6 Å². The first kappa shape index (κ1) is 14.9. The second-order valence-electron chi connectivity index (χ2n) is 5.60. The fourth-order valence-corrected chi connectivity index (χ4v) is 3.55. The van der Waals surface area contributed by atoms with Gasteiger partial charge >= 0.3 is 0 Å². The molecule has 1 atom stereocenters. The van der Waals surface area contributed by atoms with Gasteiger partial charge in [-0.1, -0.05) is 60.2 Å². The van der Waals surface area contributed by atoms with Gasteiger partial charge in [-0.3, -0.25) is 4.79 Å². The second kappa shape index (κ2) is 6.41. The van der Waals surface area contributed by atoms with Gasteiger partial charge in [-0.15, -0.1) is 11.8 Å². The molecular formula is C19H19NOS. The summed E-state index contributed by atoms with van der Waals surface area (Å²) < 4.78 is 0. The summed E-state index contributed by atoms with van der Waals surface area (Å²) in [5, 5.41) is 1.95. The van der Waals surface area contributed by atoms with Gasteiger partial charge in [0, 0.05) is 5.70 Å². The smallest absolute Gasteiger partial charge is 0.245 e. The van der Waals surface area contributed by atoms with Gasteiger partial charge in [0.05, 0.1) is 6.54 Å². The monoisotopic (exact) mass is 309 g/mol. The minimum atomic E-state index is -0.145. The molecule has 0 bridgehead atoms. The lowest BCUT2D eigenvalue weighted by Gasteiger charge is -2.31. The normalized spacial score (nSPS) is 18.3. The molecule has 22 heavy (non-hydrogen) atoms. The van der Waals surface area contributed by atoms with Crippen LogP contribution in [0.25, 0.3) is 0 Å². The van der Waals surface area contributed by atoms with Crippen LogP contribution in [-0.2, 0) is 11.3 Å². The van der Waals surface area contributed by atoms with E-state index in [9.17, 15) is 4.79 Å². The van der Waals surface area contributed by atoms with E-state index in [2.05, 4.69) is 48.7 Å². The lowest BCUT2D eigenvalue weighted by atomic mass is 10.1. The highest BCUT2D eigenvalue weighted by Crippen LogP contribution is 2.38. The largest absolute Gasteiger partial charge is 0.310 e. The number of hydrogen-bond acceptors (Lipinski definition) is 2. The maximum atomic E-state index is 12.9. The van der Waals surface area contributed by atoms with Crippen molar-refractivity contribution in [1.82, 2.24) is 4.90 Å². The van der Waals surface area contributed by atoms with Crippen LogP contribution in [-0.4, -0.2) is 10.8 Å². The third-order valence-electron chi connectivity index (χ3n) is 3.85. The fourth-order valence-electron chi connectivity index (χ4n) is 2.53. The molecule has 0 spiro atoms. The number of carbonyl (C=O) groups is 1. The van der Waals surface area contributed by atoms with Crippen molar-refractivity contribution in [3.8, 4) is 0 Å². The quantitative estimate of drug-likeness (QED) is 0.821. The zero-order valence-corrected chi connectivity index (χ0v) is 13.6. The number of allylic oxidation sites excluding steroid dienone is 1.